The van der Waals surface area contributed by atoms with Crippen molar-refractivity contribution in [2.75, 3.05) is 0 Å². The van der Waals surface area contributed by atoms with Crippen molar-refractivity contribution in [3.63, 3.8) is 0 Å². The lowest BCUT2D eigenvalue weighted by Gasteiger charge is -2.06. The zero-order valence-electron chi connectivity index (χ0n) is 14.9. The first-order valence-electron chi connectivity index (χ1n) is 8.36. The highest BCUT2D eigenvalue weighted by atomic mass is 31.1. The third-order valence-electron chi connectivity index (χ3n) is 3.91. The minimum Gasteiger partial charge on any atom is -0.114 e. The molecule has 0 N–H and O–H groups in total. The Morgan fingerprint density at radius 2 is 1.21 bits per heavy atom. The van der Waals surface area contributed by atoms with Crippen molar-refractivity contribution in [1.29, 1.82) is 0 Å². The van der Waals surface area contributed by atoms with Gasteiger partial charge in [0.25, 0.3) is 0 Å². The zero-order chi connectivity index (χ0) is 17.5. The van der Waals surface area contributed by atoms with Gasteiger partial charge in [-0.3, -0.25) is 0 Å². The summed E-state index contributed by atoms with van der Waals surface area (Å²) in [6.45, 7) is 9.18. The fourth-order valence-electron chi connectivity index (χ4n) is 2.38. The molecule has 0 aliphatic rings. The predicted molar refractivity (Wildman–Crippen MR) is 98.2 cm³/mol. The van der Waals surface area contributed by atoms with E-state index in [4.69, 9.17) is 9.05 Å². The average Bonchev–Trinajstić information content (AvgIpc) is 2.58. The van der Waals surface area contributed by atoms with Crippen LogP contribution >= 0.6 is 8.25 Å². The second-order valence-corrected chi connectivity index (χ2v) is 7.53. The van der Waals surface area contributed by atoms with Crippen LogP contribution < -0.4 is 0 Å². The molecular weight excluding hydrogens is 319 g/mol. The van der Waals surface area contributed by atoms with Crippen LogP contribution in [0.2, 0.25) is 0 Å². The molecule has 0 unspecified atom stereocenters. The SMILES string of the molecule is CC(C)c1cccc(CO[P+](=O)OCc2cccc(C(C)C)c2)c1. The van der Waals surface area contributed by atoms with Crippen LogP contribution in [0.1, 0.15) is 61.8 Å². The maximum atomic E-state index is 11.9. The second kappa shape index (κ2) is 9.08. The number of hydrogen-bond donors (Lipinski definition) is 0. The van der Waals surface area contributed by atoms with Gasteiger partial charge in [-0.15, -0.1) is 9.05 Å². The molecule has 0 aliphatic heterocycles. The van der Waals surface area contributed by atoms with Gasteiger partial charge in [-0.05, 0) is 34.1 Å². The molecule has 24 heavy (non-hydrogen) atoms. The van der Waals surface area contributed by atoms with Crippen LogP contribution in [-0.2, 0) is 26.8 Å². The van der Waals surface area contributed by atoms with Crippen LogP contribution in [-0.4, -0.2) is 0 Å². The van der Waals surface area contributed by atoms with E-state index in [1.807, 2.05) is 24.3 Å². The first-order chi connectivity index (χ1) is 11.5. The topological polar surface area (TPSA) is 35.5 Å². The maximum absolute atomic E-state index is 11.9. The highest BCUT2D eigenvalue weighted by Crippen LogP contribution is 2.28. The van der Waals surface area contributed by atoms with Gasteiger partial charge in [0.1, 0.15) is 13.2 Å². The average molecular weight is 345 g/mol. The largest absolute Gasteiger partial charge is 0.698 e. The molecule has 0 heterocycles. The molecule has 0 spiro atoms. The molecule has 128 valence electrons. The minimum atomic E-state index is -2.13. The summed E-state index contributed by atoms with van der Waals surface area (Å²) in [7, 11) is -2.13. The molecular formula is C20H26O3P+. The number of hydrogen-bond acceptors (Lipinski definition) is 3. The Balaban J connectivity index is 1.83. The third kappa shape index (κ3) is 5.83. The van der Waals surface area contributed by atoms with Gasteiger partial charge in [0, 0.05) is 4.57 Å². The quantitative estimate of drug-likeness (QED) is 0.525. The van der Waals surface area contributed by atoms with Crippen LogP contribution in [0.15, 0.2) is 48.5 Å². The second-order valence-electron chi connectivity index (χ2n) is 6.57. The lowest BCUT2D eigenvalue weighted by molar-refractivity contribution is 0.213. The van der Waals surface area contributed by atoms with E-state index >= 15 is 0 Å². The lowest BCUT2D eigenvalue weighted by atomic mass is 10.0. The zero-order valence-corrected chi connectivity index (χ0v) is 15.8. The van der Waals surface area contributed by atoms with Crippen molar-refractivity contribution >= 4 is 8.25 Å². The van der Waals surface area contributed by atoms with E-state index < -0.39 is 8.25 Å². The monoisotopic (exact) mass is 345 g/mol. The van der Waals surface area contributed by atoms with E-state index in [1.165, 1.54) is 11.1 Å². The molecule has 3 nitrogen and oxygen atoms in total. The van der Waals surface area contributed by atoms with Crippen LogP contribution in [0.5, 0.6) is 0 Å². The van der Waals surface area contributed by atoms with Crippen molar-refractivity contribution in [1.82, 2.24) is 0 Å². The summed E-state index contributed by atoms with van der Waals surface area (Å²) in [6.07, 6.45) is 0. The van der Waals surface area contributed by atoms with Gasteiger partial charge in [-0.1, -0.05) is 76.2 Å². The highest BCUT2D eigenvalue weighted by Gasteiger charge is 2.21. The summed E-state index contributed by atoms with van der Waals surface area (Å²) in [6, 6.07) is 16.3. The Labute approximate surface area is 146 Å². The Kier molecular flexibility index (Phi) is 7.11. The molecule has 0 bridgehead atoms. The predicted octanol–water partition coefficient (Wildman–Crippen LogP) is 6.32. The van der Waals surface area contributed by atoms with Crippen molar-refractivity contribution in [2.45, 2.75) is 52.7 Å². The Hall–Kier alpha value is -1.54. The smallest absolute Gasteiger partial charge is 0.114 e. The van der Waals surface area contributed by atoms with Gasteiger partial charge in [0.15, 0.2) is 0 Å². The van der Waals surface area contributed by atoms with Crippen molar-refractivity contribution in [3.05, 3.63) is 70.8 Å². The molecule has 0 aromatic heterocycles. The summed E-state index contributed by atoms with van der Waals surface area (Å²) in [5, 5.41) is 0. The van der Waals surface area contributed by atoms with Gasteiger partial charge in [0.2, 0.25) is 0 Å². The summed E-state index contributed by atoms with van der Waals surface area (Å²) >= 11 is 0. The van der Waals surface area contributed by atoms with Crippen LogP contribution in [0.25, 0.3) is 0 Å². The molecule has 0 radical (unpaired) electrons. The molecule has 0 saturated heterocycles. The maximum Gasteiger partial charge on any atom is 0.698 e. The van der Waals surface area contributed by atoms with Gasteiger partial charge in [0.05, 0.1) is 0 Å². The molecule has 2 aromatic rings. The van der Waals surface area contributed by atoms with E-state index in [0.717, 1.165) is 11.1 Å². The standard InChI is InChI=1S/C20H26O3P/c1-15(2)19-9-5-7-17(11-19)13-22-24(21)23-14-18-8-6-10-20(12-18)16(3)4/h5-12,15-16H,13-14H2,1-4H3/q+1. The van der Waals surface area contributed by atoms with E-state index in [2.05, 4.69) is 52.0 Å². The number of rotatable bonds is 8. The fourth-order valence-corrected chi connectivity index (χ4v) is 2.96. The highest BCUT2D eigenvalue weighted by molar-refractivity contribution is 7.33. The Morgan fingerprint density at radius 3 is 1.58 bits per heavy atom. The molecule has 0 saturated carbocycles. The van der Waals surface area contributed by atoms with Crippen LogP contribution in [0.3, 0.4) is 0 Å². The summed E-state index contributed by atoms with van der Waals surface area (Å²) in [4.78, 5) is 0. The van der Waals surface area contributed by atoms with Gasteiger partial charge >= 0.3 is 8.25 Å². The molecule has 0 amide bonds. The van der Waals surface area contributed by atoms with E-state index in [0.29, 0.717) is 25.0 Å². The molecule has 0 fully saturated rings. The summed E-state index contributed by atoms with van der Waals surface area (Å²) in [5.41, 5.74) is 4.51. The summed E-state index contributed by atoms with van der Waals surface area (Å²) in [5.74, 6) is 0.923. The first-order valence-corrected chi connectivity index (χ1v) is 9.46. The Bertz CT molecular complexity index is 623. The normalized spacial score (nSPS) is 11.2. The summed E-state index contributed by atoms with van der Waals surface area (Å²) < 4.78 is 22.6. The van der Waals surface area contributed by atoms with E-state index in [-0.39, 0.29) is 0 Å². The molecule has 0 atom stereocenters. The van der Waals surface area contributed by atoms with Gasteiger partial charge < -0.3 is 0 Å². The van der Waals surface area contributed by atoms with Crippen molar-refractivity contribution < 1.29 is 13.6 Å². The van der Waals surface area contributed by atoms with Crippen LogP contribution in [0.4, 0.5) is 0 Å². The first kappa shape index (κ1) is 18.8. The van der Waals surface area contributed by atoms with Crippen LogP contribution in [0, 0.1) is 0 Å². The van der Waals surface area contributed by atoms with Gasteiger partial charge in [-0.25, -0.2) is 0 Å². The molecule has 2 aromatic carbocycles. The third-order valence-corrected chi connectivity index (χ3v) is 4.59. The van der Waals surface area contributed by atoms with Crippen molar-refractivity contribution in [3.8, 4) is 0 Å². The minimum absolute atomic E-state index is 0.293. The fraction of sp³-hybridized carbons (Fsp3) is 0.400. The Morgan fingerprint density at radius 1 is 0.792 bits per heavy atom. The lowest BCUT2D eigenvalue weighted by Crippen LogP contribution is -1.94. The molecule has 4 heteroatoms. The van der Waals surface area contributed by atoms with E-state index in [9.17, 15) is 4.57 Å². The van der Waals surface area contributed by atoms with Crippen molar-refractivity contribution in [2.24, 2.45) is 0 Å². The molecule has 2 rings (SSSR count). The molecule has 0 aliphatic carbocycles. The number of benzene rings is 2. The van der Waals surface area contributed by atoms with Gasteiger partial charge in [-0.2, -0.15) is 0 Å². The van der Waals surface area contributed by atoms with E-state index in [1.54, 1.807) is 0 Å².